The van der Waals surface area contributed by atoms with Crippen LogP contribution in [0.1, 0.15) is 35.7 Å². The largest absolute Gasteiger partial charge is 0.493 e. The Bertz CT molecular complexity index is 1130. The predicted octanol–water partition coefficient (Wildman–Crippen LogP) is 2.46. The van der Waals surface area contributed by atoms with Gasteiger partial charge < -0.3 is 29.7 Å². The molecule has 200 valence electrons. The maximum Gasteiger partial charge on any atom is 0.254 e. The molecule has 2 N–H and O–H groups in total. The molecule has 0 spiro atoms. The summed E-state index contributed by atoms with van der Waals surface area (Å²) < 4.78 is 42.8. The van der Waals surface area contributed by atoms with Crippen molar-refractivity contribution < 1.29 is 37.4 Å². The molecule has 9 nitrogen and oxygen atoms in total. The van der Waals surface area contributed by atoms with Crippen molar-refractivity contribution in [1.82, 2.24) is 15.5 Å². The van der Waals surface area contributed by atoms with E-state index in [1.807, 2.05) is 0 Å². The molecule has 0 aliphatic carbocycles. The molecular weight excluding hydrogens is 488 g/mol. The second-order valence-corrected chi connectivity index (χ2v) is 8.69. The van der Waals surface area contributed by atoms with Crippen molar-refractivity contribution in [3.05, 3.63) is 53.1 Å². The molecule has 3 amide bonds. The lowest BCUT2D eigenvalue weighted by molar-refractivity contribution is -0.128. The zero-order valence-corrected chi connectivity index (χ0v) is 21.2. The molecule has 2 aromatic carbocycles. The number of carbonyl (C=O) groups is 3. The van der Waals surface area contributed by atoms with Gasteiger partial charge in [-0.05, 0) is 42.7 Å². The summed E-state index contributed by atoms with van der Waals surface area (Å²) in [4.78, 5) is 39.4. The first-order valence-electron chi connectivity index (χ1n) is 11.8. The van der Waals surface area contributed by atoms with Gasteiger partial charge in [-0.15, -0.1) is 0 Å². The van der Waals surface area contributed by atoms with Gasteiger partial charge in [-0.25, -0.2) is 8.78 Å². The number of hydrogen-bond donors (Lipinski definition) is 2. The summed E-state index contributed by atoms with van der Waals surface area (Å²) in [6.45, 7) is 2.07. The molecule has 0 radical (unpaired) electrons. The van der Waals surface area contributed by atoms with Crippen LogP contribution in [-0.4, -0.2) is 69.1 Å². The van der Waals surface area contributed by atoms with Crippen LogP contribution in [0.2, 0.25) is 0 Å². The lowest BCUT2D eigenvalue weighted by Crippen LogP contribution is -2.53. The fourth-order valence-corrected chi connectivity index (χ4v) is 4.27. The third kappa shape index (κ3) is 6.87. The molecule has 0 bridgehead atoms. The molecule has 1 saturated heterocycles. The number of rotatable bonds is 9. The molecular formula is C26H31F2N3O6. The number of benzene rings is 2. The zero-order chi connectivity index (χ0) is 27.1. The van der Waals surface area contributed by atoms with E-state index in [1.165, 1.54) is 34.3 Å². The number of amides is 3. The first-order valence-corrected chi connectivity index (χ1v) is 11.8. The summed E-state index contributed by atoms with van der Waals surface area (Å²) in [6.07, 6.45) is 1.00. The van der Waals surface area contributed by atoms with E-state index in [-0.39, 0.29) is 18.4 Å². The Balaban J connectivity index is 1.62. The van der Waals surface area contributed by atoms with Crippen LogP contribution in [0.15, 0.2) is 30.3 Å². The van der Waals surface area contributed by atoms with E-state index in [0.717, 1.165) is 12.1 Å². The van der Waals surface area contributed by atoms with Crippen molar-refractivity contribution >= 4 is 17.7 Å². The molecule has 0 saturated carbocycles. The Morgan fingerprint density at radius 3 is 2.11 bits per heavy atom. The first-order chi connectivity index (χ1) is 17.7. The highest BCUT2D eigenvalue weighted by molar-refractivity contribution is 5.95. The van der Waals surface area contributed by atoms with Crippen molar-refractivity contribution in [2.75, 3.05) is 34.4 Å². The first kappa shape index (κ1) is 27.7. The van der Waals surface area contributed by atoms with E-state index in [1.54, 1.807) is 17.0 Å². The van der Waals surface area contributed by atoms with Crippen LogP contribution in [0.5, 0.6) is 17.2 Å². The van der Waals surface area contributed by atoms with E-state index in [2.05, 4.69) is 10.6 Å². The SMILES string of the molecule is COc1cc(C(=O)N2CCC(NC(=O)[C@@H](Cc3ccc(F)c(F)c3)NC(C)=O)CC2)cc(OC)c1OC. The standard InChI is InChI=1S/C26H31F2N3O6/c1-15(32)29-21(12-16-5-6-19(27)20(28)11-16)25(33)30-18-7-9-31(10-8-18)26(34)17-13-22(35-2)24(37-4)23(14-17)36-3/h5-6,11,13-14,18,21H,7-10,12H2,1-4H3,(H,29,32)(H,30,33)/t21-/m1/s1. The van der Waals surface area contributed by atoms with Gasteiger partial charge in [-0.1, -0.05) is 6.07 Å². The zero-order valence-electron chi connectivity index (χ0n) is 21.2. The lowest BCUT2D eigenvalue weighted by atomic mass is 10.0. The highest BCUT2D eigenvalue weighted by atomic mass is 19.2. The van der Waals surface area contributed by atoms with Crippen LogP contribution in [0.25, 0.3) is 0 Å². The summed E-state index contributed by atoms with van der Waals surface area (Å²) in [6, 6.07) is 5.35. The molecule has 3 rings (SSSR count). The van der Waals surface area contributed by atoms with Crippen LogP contribution >= 0.6 is 0 Å². The summed E-state index contributed by atoms with van der Waals surface area (Å²) >= 11 is 0. The summed E-state index contributed by atoms with van der Waals surface area (Å²) in [5, 5.41) is 5.47. The van der Waals surface area contributed by atoms with Gasteiger partial charge in [0.05, 0.1) is 21.3 Å². The number of ether oxygens (including phenoxy) is 3. The maximum absolute atomic E-state index is 13.6. The number of nitrogens with zero attached hydrogens (tertiary/aromatic N) is 1. The van der Waals surface area contributed by atoms with E-state index in [4.69, 9.17) is 14.2 Å². The Morgan fingerprint density at radius 1 is 0.973 bits per heavy atom. The van der Waals surface area contributed by atoms with Crippen LogP contribution in [0, 0.1) is 11.6 Å². The minimum atomic E-state index is -1.02. The minimum Gasteiger partial charge on any atom is -0.493 e. The molecule has 37 heavy (non-hydrogen) atoms. The second kappa shape index (κ2) is 12.4. The molecule has 11 heteroatoms. The van der Waals surface area contributed by atoms with Crippen molar-refractivity contribution in [2.24, 2.45) is 0 Å². The molecule has 1 aliphatic heterocycles. The Kier molecular flexibility index (Phi) is 9.26. The van der Waals surface area contributed by atoms with Crippen molar-refractivity contribution in [3.8, 4) is 17.2 Å². The molecule has 1 aliphatic rings. The Hall–Kier alpha value is -3.89. The lowest BCUT2D eigenvalue weighted by Gasteiger charge is -2.33. The predicted molar refractivity (Wildman–Crippen MR) is 131 cm³/mol. The van der Waals surface area contributed by atoms with E-state index >= 15 is 0 Å². The van der Waals surface area contributed by atoms with Crippen LogP contribution in [0.3, 0.4) is 0 Å². The van der Waals surface area contributed by atoms with Gasteiger partial charge in [-0.3, -0.25) is 14.4 Å². The average molecular weight is 520 g/mol. The van der Waals surface area contributed by atoms with Crippen molar-refractivity contribution in [1.29, 1.82) is 0 Å². The van der Waals surface area contributed by atoms with Gasteiger partial charge in [-0.2, -0.15) is 0 Å². The smallest absolute Gasteiger partial charge is 0.254 e. The van der Waals surface area contributed by atoms with Gasteiger partial charge in [0.2, 0.25) is 17.6 Å². The van der Waals surface area contributed by atoms with Crippen LogP contribution < -0.4 is 24.8 Å². The minimum absolute atomic E-state index is 0.00107. The van der Waals surface area contributed by atoms with Gasteiger partial charge in [0.15, 0.2) is 23.1 Å². The molecule has 0 aromatic heterocycles. The van der Waals surface area contributed by atoms with Crippen LogP contribution in [0.4, 0.5) is 8.78 Å². The molecule has 1 fully saturated rings. The van der Waals surface area contributed by atoms with Crippen LogP contribution in [-0.2, 0) is 16.0 Å². The normalized spacial score (nSPS) is 14.5. The number of halogens is 2. The number of carbonyl (C=O) groups excluding carboxylic acids is 3. The molecule has 1 atom stereocenters. The number of piperidine rings is 1. The molecule has 2 aromatic rings. The van der Waals surface area contributed by atoms with Gasteiger partial charge in [0, 0.05) is 38.0 Å². The average Bonchev–Trinajstić information content (AvgIpc) is 2.89. The summed E-state index contributed by atoms with van der Waals surface area (Å²) in [5.41, 5.74) is 0.757. The molecule has 0 unspecified atom stereocenters. The van der Waals surface area contributed by atoms with Crippen molar-refractivity contribution in [2.45, 2.75) is 38.3 Å². The quantitative estimate of drug-likeness (QED) is 0.527. The number of methoxy groups -OCH3 is 3. The Morgan fingerprint density at radius 2 is 1.59 bits per heavy atom. The maximum atomic E-state index is 13.6. The van der Waals surface area contributed by atoms with Crippen molar-refractivity contribution in [3.63, 3.8) is 0 Å². The van der Waals surface area contributed by atoms with E-state index in [9.17, 15) is 23.2 Å². The number of likely N-dealkylation sites (tertiary alicyclic amines) is 1. The monoisotopic (exact) mass is 519 g/mol. The topological polar surface area (TPSA) is 106 Å². The number of nitrogens with one attached hydrogen (secondary N) is 2. The third-order valence-corrected chi connectivity index (χ3v) is 6.16. The summed E-state index contributed by atoms with van der Waals surface area (Å²) in [7, 11) is 4.43. The summed E-state index contributed by atoms with van der Waals surface area (Å²) in [5.74, 6) is -1.95. The highest BCUT2D eigenvalue weighted by Crippen LogP contribution is 2.38. The van der Waals surface area contributed by atoms with Gasteiger partial charge in [0.25, 0.3) is 5.91 Å². The van der Waals surface area contributed by atoms with E-state index < -0.39 is 29.5 Å². The number of hydrogen-bond acceptors (Lipinski definition) is 6. The Labute approximate surface area is 214 Å². The van der Waals surface area contributed by atoms with E-state index in [0.29, 0.717) is 54.3 Å². The molecule has 1 heterocycles. The fourth-order valence-electron chi connectivity index (χ4n) is 4.27. The van der Waals surface area contributed by atoms with Gasteiger partial charge >= 0.3 is 0 Å². The second-order valence-electron chi connectivity index (χ2n) is 8.69. The van der Waals surface area contributed by atoms with Gasteiger partial charge in [0.1, 0.15) is 6.04 Å². The fraction of sp³-hybridized carbons (Fsp3) is 0.423. The third-order valence-electron chi connectivity index (χ3n) is 6.16. The highest BCUT2D eigenvalue weighted by Gasteiger charge is 2.29.